The van der Waals surface area contributed by atoms with E-state index in [9.17, 15) is 0 Å². The van der Waals surface area contributed by atoms with Crippen LogP contribution in [0.5, 0.6) is 0 Å². The summed E-state index contributed by atoms with van der Waals surface area (Å²) < 4.78 is 0. The number of benzene rings is 8. The summed E-state index contributed by atoms with van der Waals surface area (Å²) in [4.78, 5) is 6.71. The Balaban J connectivity index is 1.32. The van der Waals surface area contributed by atoms with Gasteiger partial charge in [0.05, 0.1) is 11.4 Å². The molecular weight excluding hydrogens is 653 g/mol. The van der Waals surface area contributed by atoms with Crippen LogP contribution in [0.2, 0.25) is 0 Å². The summed E-state index contributed by atoms with van der Waals surface area (Å²) in [7, 11) is 0. The van der Waals surface area contributed by atoms with Gasteiger partial charge >= 0.3 is 0 Å². The molecule has 0 unspecified atom stereocenters. The van der Waals surface area contributed by atoms with Crippen LogP contribution in [0.1, 0.15) is 23.6 Å². The van der Waals surface area contributed by atoms with Gasteiger partial charge < -0.3 is 4.90 Å². The van der Waals surface area contributed by atoms with Crippen molar-refractivity contribution < 1.29 is 0 Å². The van der Waals surface area contributed by atoms with Gasteiger partial charge in [0.2, 0.25) is 0 Å². The molecule has 0 radical (unpaired) electrons. The fourth-order valence-electron chi connectivity index (χ4n) is 7.88. The Labute approximate surface area is 317 Å². The Morgan fingerprint density at radius 1 is 0.630 bits per heavy atom. The van der Waals surface area contributed by atoms with Gasteiger partial charge in [-0.2, -0.15) is 0 Å². The number of rotatable bonds is 9. The van der Waals surface area contributed by atoms with Crippen LogP contribution in [0.15, 0.2) is 176 Å². The third-order valence-electron chi connectivity index (χ3n) is 10.6. The molecule has 260 valence electrons. The summed E-state index contributed by atoms with van der Waals surface area (Å²) in [6.07, 6.45) is 6.33. The smallest absolute Gasteiger partial charge is 0.0859 e. The van der Waals surface area contributed by atoms with Crippen LogP contribution in [-0.2, 0) is 6.54 Å². The zero-order chi connectivity index (χ0) is 37.2. The minimum atomic E-state index is 0.599. The van der Waals surface area contributed by atoms with Crippen molar-refractivity contribution in [1.82, 2.24) is 0 Å². The van der Waals surface area contributed by atoms with Crippen molar-refractivity contribution in [2.75, 3.05) is 4.90 Å². The van der Waals surface area contributed by atoms with Gasteiger partial charge in [-0.3, -0.25) is 4.99 Å². The topological polar surface area (TPSA) is 15.6 Å². The van der Waals surface area contributed by atoms with Crippen molar-refractivity contribution in [3.05, 3.63) is 198 Å². The van der Waals surface area contributed by atoms with Crippen LogP contribution in [0.3, 0.4) is 0 Å². The lowest BCUT2D eigenvalue weighted by Crippen LogP contribution is -2.29. The minimum absolute atomic E-state index is 0.599. The lowest BCUT2D eigenvalue weighted by molar-refractivity contribution is 0.973. The number of aryl methyl sites for hydroxylation is 1. The van der Waals surface area contributed by atoms with Gasteiger partial charge in [0.1, 0.15) is 0 Å². The van der Waals surface area contributed by atoms with E-state index in [4.69, 9.17) is 6.58 Å². The molecule has 0 fully saturated rings. The Hall–Kier alpha value is -6.77. The fourth-order valence-corrected chi connectivity index (χ4v) is 7.88. The van der Waals surface area contributed by atoms with Crippen molar-refractivity contribution in [2.45, 2.75) is 20.4 Å². The lowest BCUT2D eigenvalue weighted by atomic mass is 9.86. The number of allylic oxidation sites excluding steroid dienone is 1. The van der Waals surface area contributed by atoms with Crippen LogP contribution in [-0.4, -0.2) is 6.72 Å². The number of fused-ring (bicyclic) bond motifs is 3. The molecule has 0 saturated carbocycles. The number of aliphatic imine (C=N–C) groups is 1. The molecule has 2 nitrogen and oxygen atoms in total. The summed E-state index contributed by atoms with van der Waals surface area (Å²) in [6.45, 7) is 17.7. The van der Waals surface area contributed by atoms with Crippen molar-refractivity contribution in [3.8, 4) is 22.3 Å². The van der Waals surface area contributed by atoms with E-state index >= 15 is 0 Å². The average Bonchev–Trinajstić information content (AvgIpc) is 3.22. The van der Waals surface area contributed by atoms with E-state index in [0.29, 0.717) is 6.54 Å². The Morgan fingerprint density at radius 3 is 1.89 bits per heavy atom. The van der Waals surface area contributed by atoms with E-state index in [1.165, 1.54) is 65.4 Å². The summed E-state index contributed by atoms with van der Waals surface area (Å²) in [5, 5.41) is 9.60. The minimum Gasteiger partial charge on any atom is -0.335 e. The molecule has 8 aromatic rings. The molecule has 0 N–H and O–H groups in total. The molecule has 0 spiro atoms. The van der Waals surface area contributed by atoms with Crippen LogP contribution >= 0.6 is 0 Å². The molecule has 0 saturated heterocycles. The number of hydrogen-bond donors (Lipinski definition) is 0. The molecule has 8 rings (SSSR count). The summed E-state index contributed by atoms with van der Waals surface area (Å²) in [6, 6.07) is 54.2. The van der Waals surface area contributed by atoms with E-state index in [1.54, 1.807) is 0 Å². The van der Waals surface area contributed by atoms with E-state index in [2.05, 4.69) is 189 Å². The van der Waals surface area contributed by atoms with E-state index in [0.717, 1.165) is 33.4 Å². The maximum absolute atomic E-state index is 4.69. The molecule has 0 bridgehead atoms. The normalized spacial score (nSPS) is 12.0. The number of hydrogen-bond acceptors (Lipinski definition) is 2. The van der Waals surface area contributed by atoms with Crippen LogP contribution in [0, 0.1) is 6.92 Å². The second-order valence-corrected chi connectivity index (χ2v) is 13.8. The first-order valence-corrected chi connectivity index (χ1v) is 18.4. The van der Waals surface area contributed by atoms with Crippen LogP contribution < -0.4 is 15.3 Å². The molecular formula is C52H42N2. The predicted octanol–water partition coefficient (Wildman–Crippen LogP) is 12.6. The van der Waals surface area contributed by atoms with E-state index in [-0.39, 0.29) is 0 Å². The monoisotopic (exact) mass is 694 g/mol. The van der Waals surface area contributed by atoms with Gasteiger partial charge in [0.25, 0.3) is 0 Å². The quantitative estimate of drug-likeness (QED) is 0.137. The maximum Gasteiger partial charge on any atom is 0.0859 e. The zero-order valence-electron chi connectivity index (χ0n) is 30.9. The third kappa shape index (κ3) is 6.22. The Bertz CT molecular complexity index is 2890. The van der Waals surface area contributed by atoms with Gasteiger partial charge in [0.15, 0.2) is 0 Å². The van der Waals surface area contributed by atoms with Gasteiger partial charge in [0, 0.05) is 12.2 Å². The first-order chi connectivity index (χ1) is 26.5. The SMILES string of the molecule is C=C/C=c1/c(-c2ccc3ccccc3c2)c2ccccc2c(-c2ccc(C)c(CN(C(=C)c3ccc4ccccc4c3)c3ccccc3N=C)c2)/c1=C/C. The molecule has 0 heterocycles. The van der Waals surface area contributed by atoms with Gasteiger partial charge in [-0.25, -0.2) is 0 Å². The Morgan fingerprint density at radius 2 is 1.20 bits per heavy atom. The highest BCUT2D eigenvalue weighted by Gasteiger charge is 2.20. The summed E-state index contributed by atoms with van der Waals surface area (Å²) >= 11 is 0. The van der Waals surface area contributed by atoms with Crippen molar-refractivity contribution in [3.63, 3.8) is 0 Å². The van der Waals surface area contributed by atoms with Gasteiger partial charge in [-0.15, -0.1) is 0 Å². The standard InChI is InChI=1S/C52H42N2/c1-6-16-46-45(7-2)51(47-21-12-13-22-48(47)52(46)43-30-28-38-18-9-11-20-41(38)32-43)42-26-25-35(3)44(33-42)34-54(50-24-15-14-23-49(50)53-5)36(4)39-29-27-37-17-8-10-19-40(37)31-39/h6-33H,1,4-5,34H2,2-3H3/b45-7+,46-16+. The van der Waals surface area contributed by atoms with E-state index in [1.807, 2.05) is 18.2 Å². The lowest BCUT2D eigenvalue weighted by Gasteiger charge is -2.29. The number of anilines is 1. The highest BCUT2D eigenvalue weighted by atomic mass is 15.2. The fraction of sp³-hybridized carbons (Fsp3) is 0.0577. The van der Waals surface area contributed by atoms with Crippen LogP contribution in [0.4, 0.5) is 11.4 Å². The summed E-state index contributed by atoms with van der Waals surface area (Å²) in [5.74, 6) is 0. The molecule has 0 amide bonds. The van der Waals surface area contributed by atoms with Gasteiger partial charge in [-0.05, 0) is 133 Å². The molecule has 2 heteroatoms. The highest BCUT2D eigenvalue weighted by molar-refractivity contribution is 6.07. The number of nitrogens with zero attached hydrogens (tertiary/aromatic N) is 2. The Kier molecular flexibility index (Phi) is 9.34. The third-order valence-corrected chi connectivity index (χ3v) is 10.6. The maximum atomic E-state index is 4.69. The molecule has 0 aliphatic heterocycles. The van der Waals surface area contributed by atoms with Crippen molar-refractivity contribution in [1.29, 1.82) is 0 Å². The second kappa shape index (κ2) is 14.7. The largest absolute Gasteiger partial charge is 0.335 e. The second-order valence-electron chi connectivity index (χ2n) is 13.8. The molecule has 8 aromatic carbocycles. The predicted molar refractivity (Wildman–Crippen MR) is 236 cm³/mol. The van der Waals surface area contributed by atoms with Gasteiger partial charge in [-0.1, -0.05) is 153 Å². The molecule has 54 heavy (non-hydrogen) atoms. The summed E-state index contributed by atoms with van der Waals surface area (Å²) in [5.41, 5.74) is 10.9. The highest BCUT2D eigenvalue weighted by Crippen LogP contribution is 2.38. The average molecular weight is 695 g/mol. The van der Waals surface area contributed by atoms with Crippen LogP contribution in [0.25, 0.3) is 72.4 Å². The molecule has 0 aliphatic carbocycles. The van der Waals surface area contributed by atoms with Crippen molar-refractivity contribution >= 4 is 68.3 Å². The molecule has 0 aromatic heterocycles. The zero-order valence-corrected chi connectivity index (χ0v) is 30.9. The molecule has 0 aliphatic rings. The van der Waals surface area contributed by atoms with E-state index < -0.39 is 0 Å². The number of para-hydroxylation sites is 2. The van der Waals surface area contributed by atoms with Crippen molar-refractivity contribution in [2.24, 2.45) is 4.99 Å². The molecule has 0 atom stereocenters. The first kappa shape index (κ1) is 34.3. The first-order valence-electron chi connectivity index (χ1n) is 18.4.